The molecule has 10 heteroatoms. The number of nitrogens with one attached hydrogen (secondary N) is 4. The van der Waals surface area contributed by atoms with Crippen molar-refractivity contribution in [1.29, 1.82) is 0 Å². The number of nitrogens with two attached hydrogens (primary N) is 1. The van der Waals surface area contributed by atoms with Crippen molar-refractivity contribution in [2.24, 2.45) is 5.73 Å². The molecule has 0 aliphatic rings. The maximum Gasteiger partial charge on any atom is 0.325 e. The summed E-state index contributed by atoms with van der Waals surface area (Å²) in [5.74, 6) is -2.94. The van der Waals surface area contributed by atoms with Gasteiger partial charge in [-0.2, -0.15) is 0 Å². The smallest absolute Gasteiger partial charge is 0.325 e. The number of aliphatic carboxylic acids is 1. The number of aromatic amines is 1. The molecule has 0 unspecified atom stereocenters. The predicted octanol–water partition coefficient (Wildman–Crippen LogP) is -0.364. The molecule has 1 aromatic carbocycles. The Balaban J connectivity index is 2.20. The molecule has 0 aliphatic carbocycles. The van der Waals surface area contributed by atoms with E-state index in [1.54, 1.807) is 6.20 Å². The lowest BCUT2D eigenvalue weighted by Gasteiger charge is -2.22. The van der Waals surface area contributed by atoms with E-state index in [2.05, 4.69) is 20.9 Å². The Hall–Kier alpha value is -3.40. The molecule has 0 saturated carbocycles. The first-order valence-corrected chi connectivity index (χ1v) is 9.54. The topological polar surface area (TPSA) is 166 Å². The average molecular weight is 417 g/mol. The van der Waals surface area contributed by atoms with E-state index in [4.69, 9.17) is 10.8 Å². The third-order valence-corrected chi connectivity index (χ3v) is 4.63. The summed E-state index contributed by atoms with van der Waals surface area (Å²) in [6.45, 7) is 4.28. The van der Waals surface area contributed by atoms with Gasteiger partial charge >= 0.3 is 5.97 Å². The minimum Gasteiger partial charge on any atom is -0.480 e. The lowest BCUT2D eigenvalue weighted by Crippen LogP contribution is -2.56. The molecule has 2 aromatic rings. The summed E-state index contributed by atoms with van der Waals surface area (Å²) in [5, 5.41) is 17.4. The van der Waals surface area contributed by atoms with E-state index in [9.17, 15) is 19.2 Å². The van der Waals surface area contributed by atoms with Crippen LogP contribution in [0.2, 0.25) is 0 Å². The number of benzene rings is 1. The number of para-hydroxylation sites is 1. The Kier molecular flexibility index (Phi) is 7.54. The summed E-state index contributed by atoms with van der Waals surface area (Å²) >= 11 is 0. The van der Waals surface area contributed by atoms with Crippen molar-refractivity contribution in [2.45, 2.75) is 51.4 Å². The largest absolute Gasteiger partial charge is 0.480 e. The van der Waals surface area contributed by atoms with E-state index in [1.807, 2.05) is 24.3 Å². The molecule has 0 bridgehead atoms. The maximum atomic E-state index is 12.7. The molecule has 0 saturated heterocycles. The molecule has 2 rings (SSSR count). The van der Waals surface area contributed by atoms with Crippen LogP contribution in [0.15, 0.2) is 30.5 Å². The summed E-state index contributed by atoms with van der Waals surface area (Å²) in [4.78, 5) is 51.2. The number of carboxylic acids is 1. The molecule has 0 aliphatic heterocycles. The molecule has 0 spiro atoms. The van der Waals surface area contributed by atoms with Crippen LogP contribution in [-0.4, -0.2) is 57.9 Å². The molecule has 30 heavy (non-hydrogen) atoms. The molecular formula is C20H27N5O5. The third-order valence-electron chi connectivity index (χ3n) is 4.63. The first-order valence-electron chi connectivity index (χ1n) is 9.54. The number of H-pyrrole nitrogens is 1. The fraction of sp³-hybridized carbons (Fsp3) is 0.400. The fourth-order valence-electron chi connectivity index (χ4n) is 2.81. The van der Waals surface area contributed by atoms with Gasteiger partial charge in [0, 0.05) is 23.5 Å². The highest BCUT2D eigenvalue weighted by Gasteiger charge is 2.27. The number of rotatable bonds is 9. The van der Waals surface area contributed by atoms with Crippen molar-refractivity contribution in [1.82, 2.24) is 20.9 Å². The normalized spacial score (nSPS) is 14.9. The van der Waals surface area contributed by atoms with Gasteiger partial charge in [-0.15, -0.1) is 0 Å². The van der Waals surface area contributed by atoms with E-state index in [0.717, 1.165) is 16.5 Å². The summed E-state index contributed by atoms with van der Waals surface area (Å²) in [6, 6.07) is 3.58. The highest BCUT2D eigenvalue weighted by molar-refractivity contribution is 5.94. The number of amides is 3. The highest BCUT2D eigenvalue weighted by atomic mass is 16.4. The second kappa shape index (κ2) is 9.88. The van der Waals surface area contributed by atoms with Crippen LogP contribution in [0.25, 0.3) is 10.9 Å². The monoisotopic (exact) mass is 417 g/mol. The predicted molar refractivity (Wildman–Crippen MR) is 110 cm³/mol. The molecular weight excluding hydrogens is 390 g/mol. The van der Waals surface area contributed by atoms with E-state index in [-0.39, 0.29) is 6.42 Å². The van der Waals surface area contributed by atoms with Crippen LogP contribution < -0.4 is 21.7 Å². The molecule has 0 radical (unpaired) electrons. The van der Waals surface area contributed by atoms with Crippen LogP contribution >= 0.6 is 0 Å². The van der Waals surface area contributed by atoms with Gasteiger partial charge in [0.15, 0.2) is 0 Å². The van der Waals surface area contributed by atoms with Crippen LogP contribution in [0, 0.1) is 0 Å². The van der Waals surface area contributed by atoms with Gasteiger partial charge in [-0.3, -0.25) is 19.2 Å². The molecule has 10 nitrogen and oxygen atoms in total. The van der Waals surface area contributed by atoms with Crippen LogP contribution in [0.5, 0.6) is 0 Å². The van der Waals surface area contributed by atoms with E-state index >= 15 is 0 Å². The summed E-state index contributed by atoms with van der Waals surface area (Å²) in [7, 11) is 0. The molecule has 7 N–H and O–H groups in total. The van der Waals surface area contributed by atoms with Crippen molar-refractivity contribution >= 4 is 34.6 Å². The summed E-state index contributed by atoms with van der Waals surface area (Å²) < 4.78 is 0. The average Bonchev–Trinajstić information content (AvgIpc) is 3.09. The first-order chi connectivity index (χ1) is 14.1. The maximum absolute atomic E-state index is 12.7. The van der Waals surface area contributed by atoms with Crippen molar-refractivity contribution in [3.05, 3.63) is 36.0 Å². The Morgan fingerprint density at radius 3 is 2.23 bits per heavy atom. The van der Waals surface area contributed by atoms with Gasteiger partial charge in [-0.1, -0.05) is 18.2 Å². The molecule has 0 fully saturated rings. The zero-order chi connectivity index (χ0) is 22.4. The van der Waals surface area contributed by atoms with Gasteiger partial charge in [0.05, 0.1) is 6.04 Å². The number of fused-ring (bicyclic) bond motifs is 1. The zero-order valence-electron chi connectivity index (χ0n) is 17.1. The molecule has 1 aromatic heterocycles. The summed E-state index contributed by atoms with van der Waals surface area (Å²) in [6.07, 6.45) is 1.86. The quantitative estimate of drug-likeness (QED) is 0.326. The van der Waals surface area contributed by atoms with Crippen LogP contribution in [0.1, 0.15) is 26.3 Å². The lowest BCUT2D eigenvalue weighted by molar-refractivity contribution is -0.141. The molecule has 4 atom stereocenters. The number of aromatic nitrogens is 1. The second-order valence-corrected chi connectivity index (χ2v) is 7.21. The fourth-order valence-corrected chi connectivity index (χ4v) is 2.81. The van der Waals surface area contributed by atoms with Gasteiger partial charge in [-0.05, 0) is 32.4 Å². The second-order valence-electron chi connectivity index (χ2n) is 7.21. The van der Waals surface area contributed by atoms with Gasteiger partial charge < -0.3 is 31.8 Å². The van der Waals surface area contributed by atoms with Crippen LogP contribution in [-0.2, 0) is 25.6 Å². The first kappa shape index (κ1) is 22.9. The number of carbonyl (C=O) groups is 4. The minimum absolute atomic E-state index is 0.127. The Bertz CT molecular complexity index is 939. The van der Waals surface area contributed by atoms with Crippen molar-refractivity contribution < 1.29 is 24.3 Å². The van der Waals surface area contributed by atoms with Gasteiger partial charge in [0.2, 0.25) is 17.7 Å². The molecule has 3 amide bonds. The van der Waals surface area contributed by atoms with E-state index in [1.165, 1.54) is 20.8 Å². The Morgan fingerprint density at radius 2 is 1.60 bits per heavy atom. The summed E-state index contributed by atoms with van der Waals surface area (Å²) in [5.41, 5.74) is 7.14. The van der Waals surface area contributed by atoms with E-state index < -0.39 is 47.9 Å². The van der Waals surface area contributed by atoms with Crippen molar-refractivity contribution in [2.75, 3.05) is 0 Å². The number of carboxylic acid groups (broad SMARTS) is 1. The van der Waals surface area contributed by atoms with Gasteiger partial charge in [0.25, 0.3) is 0 Å². The number of hydrogen-bond donors (Lipinski definition) is 6. The van der Waals surface area contributed by atoms with E-state index in [0.29, 0.717) is 0 Å². The van der Waals surface area contributed by atoms with Gasteiger partial charge in [0.1, 0.15) is 18.1 Å². The van der Waals surface area contributed by atoms with Crippen LogP contribution in [0.3, 0.4) is 0 Å². The van der Waals surface area contributed by atoms with Crippen LogP contribution in [0.4, 0.5) is 0 Å². The SMILES string of the molecule is C[C@H](N)C(=O)N[C@@H](C)C(=O)N[C@@H](Cc1c[nH]c2ccccc12)C(=O)N[C@@H](C)C(=O)O. The Morgan fingerprint density at radius 1 is 0.967 bits per heavy atom. The van der Waals surface area contributed by atoms with Gasteiger partial charge in [-0.25, -0.2) is 0 Å². The molecule has 162 valence electrons. The minimum atomic E-state index is -1.20. The molecule has 1 heterocycles. The van der Waals surface area contributed by atoms with Crippen molar-refractivity contribution in [3.63, 3.8) is 0 Å². The lowest BCUT2D eigenvalue weighted by atomic mass is 10.0. The highest BCUT2D eigenvalue weighted by Crippen LogP contribution is 2.19. The zero-order valence-corrected chi connectivity index (χ0v) is 17.1. The Labute approximate surface area is 173 Å². The standard InChI is InChI=1S/C20H27N5O5/c1-10(21)17(26)23-11(2)18(27)25-16(19(28)24-12(3)20(29)30)8-13-9-22-15-7-5-4-6-14(13)15/h4-7,9-12,16,22H,8,21H2,1-3H3,(H,23,26)(H,24,28)(H,25,27)(H,29,30)/t10-,11-,12-,16-/m0/s1. The number of hydrogen-bond acceptors (Lipinski definition) is 5. The third kappa shape index (κ3) is 5.80. The van der Waals surface area contributed by atoms with Crippen molar-refractivity contribution in [3.8, 4) is 0 Å². The number of carbonyl (C=O) groups excluding carboxylic acids is 3.